The Balaban J connectivity index is 3.98. The van der Waals surface area contributed by atoms with Crippen LogP contribution in [0.1, 0.15) is 342 Å². The fourth-order valence-electron chi connectivity index (χ4n) is 9.70. The van der Waals surface area contributed by atoms with Crippen LogP contribution in [0.2, 0.25) is 0 Å². The Morgan fingerprint density at radius 3 is 0.805 bits per heavy atom. The zero-order valence-electron chi connectivity index (χ0n) is 51.2. The molecule has 0 N–H and O–H groups in total. The van der Waals surface area contributed by atoms with Crippen molar-refractivity contribution in [3.63, 3.8) is 0 Å². The first-order valence-electron chi connectivity index (χ1n) is 33.4. The Hall–Kier alpha value is -3.15. The number of hydrogen-bond donors (Lipinski definition) is 0. The van der Waals surface area contributed by atoms with Crippen LogP contribution in [-0.2, 0) is 28.6 Å². The second-order valence-electron chi connectivity index (χ2n) is 22.4. The highest BCUT2D eigenvalue weighted by atomic mass is 16.6. The lowest BCUT2D eigenvalue weighted by molar-refractivity contribution is -0.167. The number of carbonyl (C=O) groups is 3. The average Bonchev–Trinajstić information content (AvgIpc) is 3.43. The molecule has 0 spiro atoms. The van der Waals surface area contributed by atoms with E-state index in [9.17, 15) is 14.4 Å². The van der Waals surface area contributed by atoms with Crippen LogP contribution in [0.15, 0.2) is 72.9 Å². The van der Waals surface area contributed by atoms with Crippen LogP contribution in [0.4, 0.5) is 0 Å². The van der Waals surface area contributed by atoms with E-state index in [4.69, 9.17) is 14.2 Å². The fraction of sp³-hybridized carbons (Fsp3) is 0.789. The molecule has 0 aromatic rings. The molecule has 0 aliphatic carbocycles. The number of esters is 3. The summed E-state index contributed by atoms with van der Waals surface area (Å²) < 4.78 is 16.8. The van der Waals surface area contributed by atoms with Crippen molar-refractivity contribution in [2.45, 2.75) is 348 Å². The van der Waals surface area contributed by atoms with Crippen molar-refractivity contribution in [2.75, 3.05) is 13.2 Å². The summed E-state index contributed by atoms with van der Waals surface area (Å²) in [6, 6.07) is 0. The minimum atomic E-state index is -0.771. The molecule has 0 fully saturated rings. The van der Waals surface area contributed by atoms with Crippen LogP contribution in [0.25, 0.3) is 0 Å². The monoisotopic (exact) mass is 1070 g/mol. The quantitative estimate of drug-likeness (QED) is 0.0261. The van der Waals surface area contributed by atoms with E-state index in [2.05, 4.69) is 93.7 Å². The van der Waals surface area contributed by atoms with Gasteiger partial charge >= 0.3 is 17.9 Å². The predicted octanol–water partition coefficient (Wildman–Crippen LogP) is 22.9. The van der Waals surface area contributed by atoms with E-state index in [0.717, 1.165) is 96.3 Å². The Labute approximate surface area is 478 Å². The summed E-state index contributed by atoms with van der Waals surface area (Å²) in [6.45, 7) is 6.48. The molecule has 446 valence electrons. The van der Waals surface area contributed by atoms with Crippen molar-refractivity contribution in [1.82, 2.24) is 0 Å². The van der Waals surface area contributed by atoms with Gasteiger partial charge in [-0.3, -0.25) is 14.4 Å². The molecule has 0 saturated heterocycles. The Bertz CT molecular complexity index is 1420. The molecule has 0 saturated carbocycles. The van der Waals surface area contributed by atoms with E-state index in [1.54, 1.807) is 0 Å². The first kappa shape index (κ1) is 73.8. The molecule has 1 unspecified atom stereocenters. The van der Waals surface area contributed by atoms with Gasteiger partial charge in [0.15, 0.2) is 6.10 Å². The van der Waals surface area contributed by atoms with Gasteiger partial charge in [-0.2, -0.15) is 0 Å². The Morgan fingerprint density at radius 1 is 0.273 bits per heavy atom. The standard InChI is InChI=1S/C71H126O6/c1-4-7-10-13-15-17-19-21-23-25-27-29-31-32-33-34-35-36-37-38-40-41-43-45-47-49-51-53-55-58-61-64-70(73)76-67-68(66-75-69(72)63-60-57-12-9-6-3)77-71(74)65-62-59-56-54-52-50-48-46-44-42-39-30-28-26-24-22-20-18-16-14-11-8-5-2/h7,10,15,17,21,23,26-29,32-33,68H,4-6,8-9,11-14,16,18-20,22,24-25,30-31,34-67H2,1-3H3/b10-7-,17-15-,23-21-,28-26-,29-27-,33-32-. The van der Waals surface area contributed by atoms with Crippen molar-refractivity contribution in [2.24, 2.45) is 0 Å². The zero-order valence-corrected chi connectivity index (χ0v) is 51.2. The van der Waals surface area contributed by atoms with Gasteiger partial charge in [0.05, 0.1) is 0 Å². The maximum atomic E-state index is 12.8. The topological polar surface area (TPSA) is 78.9 Å². The SMILES string of the molecule is CC/C=C\C/C=C\C/C=C\C/C=C\C/C=C\CCCCCCCCCCCCCCCCCC(=O)OCC(COC(=O)CCCCCCC)OC(=O)CCCCCCCCCCCCC/C=C\CCCCCCCCCC. The van der Waals surface area contributed by atoms with Crippen molar-refractivity contribution >= 4 is 17.9 Å². The van der Waals surface area contributed by atoms with Gasteiger partial charge in [0.2, 0.25) is 0 Å². The van der Waals surface area contributed by atoms with E-state index >= 15 is 0 Å². The highest BCUT2D eigenvalue weighted by Crippen LogP contribution is 2.17. The van der Waals surface area contributed by atoms with Gasteiger partial charge in [-0.25, -0.2) is 0 Å². The smallest absolute Gasteiger partial charge is 0.306 e. The molecular formula is C71H126O6. The molecule has 1 atom stereocenters. The van der Waals surface area contributed by atoms with Gasteiger partial charge < -0.3 is 14.2 Å². The van der Waals surface area contributed by atoms with Gasteiger partial charge in [0.25, 0.3) is 0 Å². The van der Waals surface area contributed by atoms with Crippen molar-refractivity contribution in [1.29, 1.82) is 0 Å². The van der Waals surface area contributed by atoms with Crippen molar-refractivity contribution in [3.05, 3.63) is 72.9 Å². The summed E-state index contributed by atoms with van der Waals surface area (Å²) in [5.41, 5.74) is 0. The molecule has 6 heteroatoms. The minimum Gasteiger partial charge on any atom is -0.462 e. The summed E-state index contributed by atoms with van der Waals surface area (Å²) >= 11 is 0. The molecule has 0 bridgehead atoms. The van der Waals surface area contributed by atoms with Gasteiger partial charge in [0, 0.05) is 19.3 Å². The van der Waals surface area contributed by atoms with Gasteiger partial charge in [-0.1, -0.05) is 306 Å². The van der Waals surface area contributed by atoms with E-state index in [1.165, 1.54) is 205 Å². The zero-order chi connectivity index (χ0) is 55.7. The predicted molar refractivity (Wildman–Crippen MR) is 335 cm³/mol. The normalized spacial score (nSPS) is 12.5. The highest BCUT2D eigenvalue weighted by molar-refractivity contribution is 5.71. The van der Waals surface area contributed by atoms with Gasteiger partial charge in [-0.05, 0) is 89.9 Å². The number of rotatable bonds is 61. The third kappa shape index (κ3) is 63.6. The molecule has 0 aromatic heterocycles. The van der Waals surface area contributed by atoms with E-state index in [-0.39, 0.29) is 31.1 Å². The summed E-state index contributed by atoms with van der Waals surface area (Å²) in [6.07, 6.45) is 85.5. The van der Waals surface area contributed by atoms with Crippen LogP contribution in [0, 0.1) is 0 Å². The fourth-order valence-corrected chi connectivity index (χ4v) is 9.70. The molecule has 0 radical (unpaired) electrons. The third-order valence-electron chi connectivity index (χ3n) is 14.7. The minimum absolute atomic E-state index is 0.0722. The summed E-state index contributed by atoms with van der Waals surface area (Å²) in [4.78, 5) is 38.0. The second kappa shape index (κ2) is 65.4. The number of unbranched alkanes of at least 4 members (excludes halogenated alkanes) is 38. The van der Waals surface area contributed by atoms with E-state index in [1.807, 2.05) is 0 Å². The second-order valence-corrected chi connectivity index (χ2v) is 22.4. The summed E-state index contributed by atoms with van der Waals surface area (Å²) in [7, 11) is 0. The molecule has 0 heterocycles. The summed E-state index contributed by atoms with van der Waals surface area (Å²) in [5, 5.41) is 0. The maximum absolute atomic E-state index is 12.8. The Kier molecular flexibility index (Phi) is 62.7. The van der Waals surface area contributed by atoms with Crippen molar-refractivity contribution in [3.8, 4) is 0 Å². The largest absolute Gasteiger partial charge is 0.462 e. The number of hydrogen-bond acceptors (Lipinski definition) is 6. The first-order valence-corrected chi connectivity index (χ1v) is 33.4. The molecule has 0 rings (SSSR count). The number of carbonyl (C=O) groups excluding carboxylic acids is 3. The van der Waals surface area contributed by atoms with E-state index in [0.29, 0.717) is 19.3 Å². The van der Waals surface area contributed by atoms with Crippen LogP contribution in [0.3, 0.4) is 0 Å². The molecule has 77 heavy (non-hydrogen) atoms. The van der Waals surface area contributed by atoms with Crippen molar-refractivity contribution < 1.29 is 28.6 Å². The molecule has 6 nitrogen and oxygen atoms in total. The lowest BCUT2D eigenvalue weighted by Crippen LogP contribution is -2.30. The van der Waals surface area contributed by atoms with Gasteiger partial charge in [-0.15, -0.1) is 0 Å². The molecule has 0 aliphatic rings. The third-order valence-corrected chi connectivity index (χ3v) is 14.7. The average molecular weight is 1080 g/mol. The molecule has 0 aromatic carbocycles. The number of allylic oxidation sites excluding steroid dienone is 12. The summed E-state index contributed by atoms with van der Waals surface area (Å²) in [5.74, 6) is -0.871. The Morgan fingerprint density at radius 2 is 0.506 bits per heavy atom. The first-order chi connectivity index (χ1) is 38.0. The van der Waals surface area contributed by atoms with Crippen LogP contribution >= 0.6 is 0 Å². The lowest BCUT2D eigenvalue weighted by Gasteiger charge is -2.18. The van der Waals surface area contributed by atoms with Crippen LogP contribution in [-0.4, -0.2) is 37.2 Å². The molecule has 0 aliphatic heterocycles. The highest BCUT2D eigenvalue weighted by Gasteiger charge is 2.19. The van der Waals surface area contributed by atoms with E-state index < -0.39 is 6.10 Å². The lowest BCUT2D eigenvalue weighted by atomic mass is 10.0. The number of ether oxygens (including phenoxy) is 3. The maximum Gasteiger partial charge on any atom is 0.306 e. The van der Waals surface area contributed by atoms with Gasteiger partial charge in [0.1, 0.15) is 13.2 Å². The molecule has 0 amide bonds. The van der Waals surface area contributed by atoms with Crippen LogP contribution < -0.4 is 0 Å². The molecular weight excluding hydrogens is 949 g/mol. The van der Waals surface area contributed by atoms with Crippen LogP contribution in [0.5, 0.6) is 0 Å².